The summed E-state index contributed by atoms with van der Waals surface area (Å²) in [6.07, 6.45) is 1.69. The summed E-state index contributed by atoms with van der Waals surface area (Å²) in [5.74, 6) is -3.92. The monoisotopic (exact) mass is 723 g/mol. The van der Waals surface area contributed by atoms with Crippen LogP contribution in [0, 0.1) is 5.82 Å². The Hall–Kier alpha value is -5.33. The molecule has 0 aliphatic carbocycles. The van der Waals surface area contributed by atoms with Gasteiger partial charge in [-0.15, -0.1) is 0 Å². The van der Waals surface area contributed by atoms with Gasteiger partial charge in [-0.25, -0.2) is 18.2 Å². The summed E-state index contributed by atoms with van der Waals surface area (Å²) in [5.41, 5.74) is 1.47. The first-order chi connectivity index (χ1) is 24.3. The number of hydrogen-bond donors (Lipinski definition) is 5. The molecule has 2 atom stereocenters. The van der Waals surface area contributed by atoms with E-state index in [2.05, 4.69) is 10.6 Å². The molecule has 51 heavy (non-hydrogen) atoms. The molecule has 4 heterocycles. The van der Waals surface area contributed by atoms with Gasteiger partial charge in [0.25, 0.3) is 5.91 Å². The van der Waals surface area contributed by atoms with E-state index in [1.807, 2.05) is 23.1 Å². The lowest BCUT2D eigenvalue weighted by Crippen LogP contribution is -2.49. The molecule has 18 heteroatoms. The smallest absolute Gasteiger partial charge is 0.329 e. The van der Waals surface area contributed by atoms with Crippen molar-refractivity contribution in [3.05, 3.63) is 64.3 Å². The Kier molecular flexibility index (Phi) is 8.55. The highest BCUT2D eigenvalue weighted by atomic mass is 32.2. The Bertz CT molecular complexity index is 2310. The number of aromatic nitrogens is 2. The van der Waals surface area contributed by atoms with E-state index in [0.717, 1.165) is 11.6 Å². The molecule has 0 bridgehead atoms. The molecule has 3 saturated heterocycles. The van der Waals surface area contributed by atoms with E-state index in [0.29, 0.717) is 41.3 Å². The van der Waals surface area contributed by atoms with Gasteiger partial charge in [0.05, 0.1) is 17.6 Å². The number of nitrogens with zero attached hydrogens (tertiary/aromatic N) is 4. The second kappa shape index (κ2) is 12.8. The maximum absolute atomic E-state index is 15.5. The first kappa shape index (κ1) is 34.1. The summed E-state index contributed by atoms with van der Waals surface area (Å²) in [4.78, 5) is 64.2. The second-order valence-corrected chi connectivity index (χ2v) is 14.6. The average molecular weight is 724 g/mol. The molecule has 3 fully saturated rings. The number of nitrogens with one attached hydrogen (secondary N) is 3. The van der Waals surface area contributed by atoms with Gasteiger partial charge in [-0.3, -0.25) is 38.5 Å². The molecule has 7 rings (SSSR count). The van der Waals surface area contributed by atoms with Crippen molar-refractivity contribution in [3.63, 3.8) is 0 Å². The number of carbonyl (C=O) groups is 4. The molecule has 268 valence electrons. The van der Waals surface area contributed by atoms with Crippen LogP contribution in [0.15, 0.2) is 47.3 Å². The molecule has 0 radical (unpaired) electrons. The maximum atomic E-state index is 15.5. The molecule has 5 N–H and O–H groups in total. The van der Waals surface area contributed by atoms with Crippen LogP contribution in [-0.2, 0) is 36.4 Å². The molecule has 1 aromatic heterocycles. The number of hydrogen-bond acceptors (Lipinski definition) is 10. The van der Waals surface area contributed by atoms with Crippen LogP contribution in [0.3, 0.4) is 0 Å². The van der Waals surface area contributed by atoms with Gasteiger partial charge in [-0.1, -0.05) is 6.07 Å². The summed E-state index contributed by atoms with van der Waals surface area (Å²) in [7, 11) is -2.74. The Morgan fingerprint density at radius 1 is 1.02 bits per heavy atom. The van der Waals surface area contributed by atoms with Crippen molar-refractivity contribution in [2.24, 2.45) is 7.05 Å². The number of rotatable bonds is 7. The number of phenols is 1. The zero-order valence-corrected chi connectivity index (χ0v) is 28.1. The third-order valence-electron chi connectivity index (χ3n) is 9.92. The Labute approximate surface area is 289 Å². The third-order valence-corrected chi connectivity index (χ3v) is 11.3. The van der Waals surface area contributed by atoms with Crippen molar-refractivity contribution in [2.75, 3.05) is 35.9 Å². The lowest BCUT2D eigenvalue weighted by molar-refractivity contribution is -0.135. The number of piperidine rings is 2. The minimum absolute atomic E-state index is 0.0538. The van der Waals surface area contributed by atoms with Crippen LogP contribution in [0.25, 0.3) is 21.8 Å². The number of anilines is 2. The van der Waals surface area contributed by atoms with Gasteiger partial charge in [0.15, 0.2) is 5.82 Å². The van der Waals surface area contributed by atoms with E-state index in [1.165, 1.54) is 27.3 Å². The number of aliphatic hydroxyl groups excluding tert-OH is 1. The molecule has 16 nitrogen and oxygen atoms in total. The molecular formula is C33H34FN7O9S. The zero-order valence-electron chi connectivity index (χ0n) is 27.3. The van der Waals surface area contributed by atoms with E-state index < -0.39 is 70.4 Å². The second-order valence-electron chi connectivity index (χ2n) is 13.0. The Morgan fingerprint density at radius 3 is 2.43 bits per heavy atom. The number of likely N-dealkylation sites (tertiary alicyclic amines) is 1. The van der Waals surface area contributed by atoms with Crippen LogP contribution < -0.4 is 25.4 Å². The lowest BCUT2D eigenvalue weighted by atomic mass is 9.88. The van der Waals surface area contributed by atoms with Gasteiger partial charge in [0, 0.05) is 24.5 Å². The highest BCUT2D eigenvalue weighted by Crippen LogP contribution is 2.39. The van der Waals surface area contributed by atoms with Crippen molar-refractivity contribution >= 4 is 67.0 Å². The average Bonchev–Trinajstić information content (AvgIpc) is 3.50. The quantitative estimate of drug-likeness (QED) is 0.168. The Morgan fingerprint density at radius 2 is 1.76 bits per heavy atom. The SMILES string of the molecule is Cn1c(=O)n(C2CCC(=O)NC2=O)c2ccc(C3CCN([C@H](CO)C(=O)Nc4ccc5c(F)c(N6CC(=O)NS6(=O)=O)c(O)cc5c4)CC3)cc21. The molecule has 3 aromatic carbocycles. The number of halogens is 1. The number of aromatic hydroxyl groups is 1. The number of imidazole rings is 1. The van der Waals surface area contributed by atoms with Gasteiger partial charge in [0.1, 0.15) is 30.1 Å². The molecule has 4 aromatic rings. The lowest BCUT2D eigenvalue weighted by Gasteiger charge is -2.36. The third kappa shape index (κ3) is 5.98. The van der Waals surface area contributed by atoms with Crippen LogP contribution in [0.5, 0.6) is 5.75 Å². The van der Waals surface area contributed by atoms with Crippen LogP contribution in [0.4, 0.5) is 15.8 Å². The number of phenolic OH excluding ortho intramolecular Hbond substituents is 1. The van der Waals surface area contributed by atoms with E-state index >= 15 is 4.39 Å². The molecule has 0 saturated carbocycles. The van der Waals surface area contributed by atoms with Gasteiger partial charge in [0.2, 0.25) is 17.7 Å². The van der Waals surface area contributed by atoms with Crippen molar-refractivity contribution in [1.29, 1.82) is 0 Å². The highest BCUT2D eigenvalue weighted by Gasteiger charge is 2.38. The predicted molar refractivity (Wildman–Crippen MR) is 182 cm³/mol. The van der Waals surface area contributed by atoms with Crippen LogP contribution in [-0.4, -0.2) is 88.6 Å². The summed E-state index contributed by atoms with van der Waals surface area (Å²) >= 11 is 0. The standard InChI is InChI=1S/C33H34FN7O9S/c1-38-24-13-18(2-5-22(24)41(33(38)48)23-6-7-27(44)36-31(23)46)17-8-10-39(11-9-17)25(16-42)32(47)35-20-3-4-21-19(12-20)14-26(43)30(29(21)34)40-15-28(45)37-51(40,49)50/h2-5,12-14,17,23,25,42-43H,6-11,15-16H2,1H3,(H,35,47)(H,37,45)(H,36,44,46)/t23?,25-/m1/s1. The topological polar surface area (TPSA) is 212 Å². The minimum atomic E-state index is -4.37. The summed E-state index contributed by atoms with van der Waals surface area (Å²) in [5, 5.41) is 25.9. The fraction of sp³-hybridized carbons (Fsp3) is 0.364. The van der Waals surface area contributed by atoms with Gasteiger partial charge in [-0.2, -0.15) is 8.42 Å². The minimum Gasteiger partial charge on any atom is -0.506 e. The molecule has 4 amide bonds. The predicted octanol–water partition coefficient (Wildman–Crippen LogP) is 0.676. The van der Waals surface area contributed by atoms with Gasteiger partial charge >= 0.3 is 15.9 Å². The largest absolute Gasteiger partial charge is 0.506 e. The van der Waals surface area contributed by atoms with Crippen molar-refractivity contribution in [3.8, 4) is 5.75 Å². The van der Waals surface area contributed by atoms with E-state index in [4.69, 9.17) is 0 Å². The van der Waals surface area contributed by atoms with Crippen LogP contribution in [0.2, 0.25) is 0 Å². The number of amides is 4. The first-order valence-corrected chi connectivity index (χ1v) is 17.7. The molecular weight excluding hydrogens is 689 g/mol. The van der Waals surface area contributed by atoms with Crippen molar-refractivity contribution in [2.45, 2.75) is 43.7 Å². The van der Waals surface area contributed by atoms with Crippen molar-refractivity contribution < 1.29 is 42.2 Å². The number of fused-ring (bicyclic) bond motifs is 2. The zero-order chi connectivity index (χ0) is 36.4. The first-order valence-electron chi connectivity index (χ1n) is 16.3. The number of carbonyl (C=O) groups excluding carboxylic acids is 4. The van der Waals surface area contributed by atoms with E-state index in [9.17, 15) is 42.6 Å². The number of benzene rings is 3. The normalized spacial score (nSPS) is 20.5. The highest BCUT2D eigenvalue weighted by molar-refractivity contribution is 7.92. The Balaban J connectivity index is 1.03. The molecule has 3 aliphatic rings. The molecule has 1 unspecified atom stereocenters. The summed E-state index contributed by atoms with van der Waals surface area (Å²) in [6.45, 7) is -0.202. The maximum Gasteiger partial charge on any atom is 0.329 e. The van der Waals surface area contributed by atoms with Crippen LogP contribution in [0.1, 0.15) is 43.2 Å². The van der Waals surface area contributed by atoms with Crippen LogP contribution >= 0.6 is 0 Å². The fourth-order valence-electron chi connectivity index (χ4n) is 7.30. The van der Waals surface area contributed by atoms with Gasteiger partial charge < -0.3 is 15.5 Å². The van der Waals surface area contributed by atoms with Gasteiger partial charge in [-0.05, 0) is 85.6 Å². The molecule has 0 spiro atoms. The number of aryl methyl sites for hydroxylation is 1. The summed E-state index contributed by atoms with van der Waals surface area (Å²) in [6, 6.07) is 9.24. The fourth-order valence-corrected chi connectivity index (χ4v) is 8.46. The number of aliphatic hydroxyl groups is 1. The van der Waals surface area contributed by atoms with Crippen molar-refractivity contribution in [1.82, 2.24) is 24.1 Å². The number of imide groups is 1. The summed E-state index contributed by atoms with van der Waals surface area (Å²) < 4.78 is 45.1. The molecule has 3 aliphatic heterocycles. The van der Waals surface area contributed by atoms with E-state index in [1.54, 1.807) is 11.8 Å². The van der Waals surface area contributed by atoms with E-state index in [-0.39, 0.29) is 46.8 Å².